The van der Waals surface area contributed by atoms with Crippen LogP contribution in [-0.2, 0) is 5.41 Å². The summed E-state index contributed by atoms with van der Waals surface area (Å²) in [6.45, 7) is 7.06. The van der Waals surface area contributed by atoms with Crippen LogP contribution in [0.5, 0.6) is 0 Å². The molecule has 0 saturated carbocycles. The van der Waals surface area contributed by atoms with Gasteiger partial charge in [-0.15, -0.1) is 0 Å². The third-order valence-corrected chi connectivity index (χ3v) is 16.8. The van der Waals surface area contributed by atoms with Crippen molar-refractivity contribution in [2.24, 2.45) is 0 Å². The first-order valence-corrected chi connectivity index (χ1v) is 27.0. The molecule has 0 bridgehead atoms. The van der Waals surface area contributed by atoms with Gasteiger partial charge in [0.1, 0.15) is 0 Å². The Morgan fingerprint density at radius 3 is 1.40 bits per heavy atom. The van der Waals surface area contributed by atoms with Crippen molar-refractivity contribution in [1.29, 1.82) is 0 Å². The molecule has 0 unspecified atom stereocenters. The molecule has 14 rings (SSSR count). The van der Waals surface area contributed by atoms with Crippen molar-refractivity contribution < 1.29 is 0 Å². The number of anilines is 3. The predicted octanol–water partition coefficient (Wildman–Crippen LogP) is 18.1. The average Bonchev–Trinajstić information content (AvgIpc) is 3.46. The van der Waals surface area contributed by atoms with Crippen molar-refractivity contribution in [1.82, 2.24) is 0 Å². The highest BCUT2D eigenvalue weighted by atomic mass is 32.2. The summed E-state index contributed by atoms with van der Waals surface area (Å²) in [5.74, 6) is 0. The van der Waals surface area contributed by atoms with Gasteiger partial charge in [0.2, 0.25) is 6.71 Å². The highest BCUT2D eigenvalue weighted by Gasteiger charge is 2.43. The lowest BCUT2D eigenvalue weighted by molar-refractivity contribution is 0.589. The highest BCUT2D eigenvalue weighted by Crippen LogP contribution is 2.51. The van der Waals surface area contributed by atoms with E-state index in [4.69, 9.17) is 0 Å². The summed E-state index contributed by atoms with van der Waals surface area (Å²) in [5, 5.41) is 4.99. The van der Waals surface area contributed by atoms with E-state index in [0.29, 0.717) is 0 Å². The van der Waals surface area contributed by atoms with Crippen molar-refractivity contribution in [3.63, 3.8) is 0 Å². The first kappa shape index (κ1) is 45.0. The van der Waals surface area contributed by atoms with Crippen molar-refractivity contribution in [3.8, 4) is 66.8 Å². The number of rotatable bonds is 7. The molecule has 0 radical (unpaired) electrons. The molecular formula is C72H52BNS. The molecule has 0 saturated heterocycles. The van der Waals surface area contributed by atoms with E-state index in [-0.39, 0.29) is 12.1 Å². The molecule has 2 heterocycles. The second-order valence-corrected chi connectivity index (χ2v) is 22.2. The number of nitrogens with zero attached hydrogens (tertiary/aromatic N) is 1. The van der Waals surface area contributed by atoms with Crippen molar-refractivity contribution in [2.45, 2.75) is 36.0 Å². The Morgan fingerprint density at radius 1 is 0.333 bits per heavy atom. The second-order valence-electron chi connectivity index (χ2n) is 21.1. The molecule has 0 aromatic heterocycles. The standard InChI is InChI=1S/C72H52BNS/c1-72(2,3)55-45-65-70-67(46-55)75-66-41-38-53(47-22-9-4-10-23-47)43-63(66)73(70)62-40-37-54(44-64(62)74(65)71-56(48-24-11-5-12-25-48)34-21-35-57(71)49-26-13-6-14-27-49)52-36-39-60-61(42-52)69(51-30-17-8-18-31-51)59-33-20-19-32-58(59)68(60)50-28-15-7-16-29-50/h4-46H,1-3H3. The van der Waals surface area contributed by atoms with Crippen molar-refractivity contribution in [3.05, 3.63) is 266 Å². The van der Waals surface area contributed by atoms with Gasteiger partial charge in [-0.25, -0.2) is 0 Å². The van der Waals surface area contributed by atoms with Crippen LogP contribution < -0.4 is 21.3 Å². The van der Waals surface area contributed by atoms with Crippen LogP contribution in [0.1, 0.15) is 26.3 Å². The summed E-state index contributed by atoms with van der Waals surface area (Å²) < 4.78 is 0. The van der Waals surface area contributed by atoms with Crippen LogP contribution in [0.4, 0.5) is 17.1 Å². The van der Waals surface area contributed by atoms with E-state index in [1.165, 1.54) is 137 Å². The fraction of sp³-hybridized carbons (Fsp3) is 0.0556. The van der Waals surface area contributed by atoms with Crippen molar-refractivity contribution >= 4 is 73.5 Å². The molecule has 0 N–H and O–H groups in total. The number of fused-ring (bicyclic) bond motifs is 6. The SMILES string of the molecule is CC(C)(C)c1cc2c3c(c1)N(c1c(-c4ccccc4)cccc1-c1ccccc1)c1cc(-c4ccc5c(-c6ccccc6)c6ccccc6c(-c6ccccc6)c5c4)ccc1B3c1cc(-c3ccccc3)ccc1S2. The zero-order valence-corrected chi connectivity index (χ0v) is 43.1. The molecule has 12 aromatic rings. The normalized spacial score (nSPS) is 12.6. The summed E-state index contributed by atoms with van der Waals surface area (Å²) >= 11 is 1.93. The first-order valence-electron chi connectivity index (χ1n) is 26.2. The van der Waals surface area contributed by atoms with Crippen molar-refractivity contribution in [2.75, 3.05) is 4.90 Å². The quantitative estimate of drug-likeness (QED) is 0.116. The third kappa shape index (κ3) is 7.64. The fourth-order valence-corrected chi connectivity index (χ4v) is 13.3. The molecule has 0 amide bonds. The molecule has 0 fully saturated rings. The average molecular weight is 974 g/mol. The van der Waals surface area contributed by atoms with Crippen LogP contribution in [0.2, 0.25) is 0 Å². The number of hydrogen-bond acceptors (Lipinski definition) is 2. The molecule has 0 aliphatic carbocycles. The van der Waals surface area contributed by atoms with Gasteiger partial charge in [-0.2, -0.15) is 0 Å². The second kappa shape index (κ2) is 18.1. The van der Waals surface area contributed by atoms with E-state index < -0.39 is 0 Å². The lowest BCUT2D eigenvalue weighted by Crippen LogP contribution is -2.60. The first-order chi connectivity index (χ1) is 36.9. The Balaban J connectivity index is 1.09. The van der Waals surface area contributed by atoms with Gasteiger partial charge in [-0.3, -0.25) is 0 Å². The van der Waals surface area contributed by atoms with Gasteiger partial charge in [0, 0.05) is 32.3 Å². The Bertz CT molecular complexity index is 4110. The van der Waals surface area contributed by atoms with Crippen LogP contribution in [-0.4, -0.2) is 6.71 Å². The van der Waals surface area contributed by atoms with Crippen LogP contribution in [0.25, 0.3) is 88.3 Å². The molecule has 1 nitrogen and oxygen atoms in total. The van der Waals surface area contributed by atoms with Crippen LogP contribution in [0.15, 0.2) is 271 Å². The van der Waals surface area contributed by atoms with Crippen LogP contribution in [0, 0.1) is 0 Å². The Kier molecular flexibility index (Phi) is 10.9. The smallest absolute Gasteiger partial charge is 0.249 e. The minimum absolute atomic E-state index is 0.00521. The molecule has 2 aliphatic rings. The van der Waals surface area contributed by atoms with Gasteiger partial charge in [0.25, 0.3) is 0 Å². The molecule has 2 aliphatic heterocycles. The van der Waals surface area contributed by atoms with Gasteiger partial charge in [0.05, 0.1) is 5.69 Å². The largest absolute Gasteiger partial charge is 0.310 e. The maximum absolute atomic E-state index is 2.66. The third-order valence-electron chi connectivity index (χ3n) is 15.7. The summed E-state index contributed by atoms with van der Waals surface area (Å²) in [4.78, 5) is 5.30. The monoisotopic (exact) mass is 973 g/mol. The summed E-state index contributed by atoms with van der Waals surface area (Å²) in [5.41, 5.74) is 23.3. The van der Waals surface area contributed by atoms with Crippen LogP contribution >= 0.6 is 11.8 Å². The van der Waals surface area contributed by atoms with Gasteiger partial charge >= 0.3 is 0 Å². The Morgan fingerprint density at radius 2 is 0.813 bits per heavy atom. The van der Waals surface area contributed by atoms with Gasteiger partial charge in [-0.1, -0.05) is 269 Å². The maximum Gasteiger partial charge on any atom is 0.249 e. The predicted molar refractivity (Wildman–Crippen MR) is 323 cm³/mol. The number of hydrogen-bond donors (Lipinski definition) is 0. The van der Waals surface area contributed by atoms with Crippen LogP contribution in [0.3, 0.4) is 0 Å². The minimum Gasteiger partial charge on any atom is -0.310 e. The summed E-state index contributed by atoms with van der Waals surface area (Å²) in [6, 6.07) is 97.5. The van der Waals surface area contributed by atoms with Gasteiger partial charge < -0.3 is 4.90 Å². The van der Waals surface area contributed by atoms with E-state index in [0.717, 1.165) is 0 Å². The maximum atomic E-state index is 2.66. The highest BCUT2D eigenvalue weighted by molar-refractivity contribution is 8.00. The lowest BCUT2D eigenvalue weighted by atomic mass is 9.34. The fourth-order valence-electron chi connectivity index (χ4n) is 12.1. The minimum atomic E-state index is -0.113. The van der Waals surface area contributed by atoms with E-state index in [2.05, 4.69) is 287 Å². The number of para-hydroxylation sites is 1. The van der Waals surface area contributed by atoms with Gasteiger partial charge in [-0.05, 0) is 129 Å². The molecule has 12 aromatic carbocycles. The van der Waals surface area contributed by atoms with Gasteiger partial charge in [0.15, 0.2) is 0 Å². The van der Waals surface area contributed by atoms with E-state index in [1.807, 2.05) is 11.8 Å². The molecule has 0 spiro atoms. The van der Waals surface area contributed by atoms with E-state index in [1.54, 1.807) is 0 Å². The molecular weight excluding hydrogens is 922 g/mol. The molecule has 354 valence electrons. The molecule has 3 heteroatoms. The zero-order chi connectivity index (χ0) is 50.2. The Labute approximate surface area is 444 Å². The van der Waals surface area contributed by atoms with E-state index in [9.17, 15) is 0 Å². The molecule has 0 atom stereocenters. The lowest BCUT2D eigenvalue weighted by Gasteiger charge is -2.43. The molecule has 75 heavy (non-hydrogen) atoms. The zero-order valence-electron chi connectivity index (χ0n) is 42.3. The number of benzene rings is 12. The summed E-state index contributed by atoms with van der Waals surface area (Å²) in [7, 11) is 0. The Hall–Kier alpha value is -8.63. The summed E-state index contributed by atoms with van der Waals surface area (Å²) in [6.07, 6.45) is 0. The topological polar surface area (TPSA) is 3.24 Å². The van der Waals surface area contributed by atoms with E-state index >= 15 is 0 Å².